The van der Waals surface area contributed by atoms with E-state index in [0.717, 1.165) is 56.3 Å². The number of rotatable bonds is 4. The van der Waals surface area contributed by atoms with Crippen LogP contribution in [-0.4, -0.2) is 60.7 Å². The van der Waals surface area contributed by atoms with Crippen LogP contribution < -0.4 is 4.90 Å². The second kappa shape index (κ2) is 6.01. The minimum atomic E-state index is 0.636. The van der Waals surface area contributed by atoms with Gasteiger partial charge in [0.15, 0.2) is 22.8 Å². The Labute approximate surface area is 151 Å². The molecule has 3 aromatic heterocycles. The van der Waals surface area contributed by atoms with Crippen LogP contribution in [0.2, 0.25) is 0 Å². The van der Waals surface area contributed by atoms with Gasteiger partial charge in [-0.2, -0.15) is 4.98 Å². The molecule has 2 atom stereocenters. The molecule has 2 unspecified atom stereocenters. The maximum Gasteiger partial charge on any atom is 0.240 e. The Kier molecular flexibility index (Phi) is 3.63. The first-order valence-electron chi connectivity index (χ1n) is 9.13. The third-order valence-corrected chi connectivity index (χ3v) is 5.51. The van der Waals surface area contributed by atoms with Crippen molar-refractivity contribution in [3.05, 3.63) is 24.4 Å². The fourth-order valence-electron chi connectivity index (χ4n) is 4.32. The van der Waals surface area contributed by atoms with Crippen molar-refractivity contribution in [1.29, 1.82) is 0 Å². The summed E-state index contributed by atoms with van der Waals surface area (Å²) < 4.78 is 7.32. The Bertz CT molecular complexity index is 920. The van der Waals surface area contributed by atoms with Crippen molar-refractivity contribution in [3.8, 4) is 0 Å². The van der Waals surface area contributed by atoms with E-state index in [-0.39, 0.29) is 0 Å². The quantitative estimate of drug-likeness (QED) is 0.688. The van der Waals surface area contributed by atoms with Crippen molar-refractivity contribution in [3.63, 3.8) is 0 Å². The maximum atomic E-state index is 5.26. The fraction of sp³-hybridized carbons (Fsp3) is 0.588. The van der Waals surface area contributed by atoms with Gasteiger partial charge in [0.05, 0.1) is 12.9 Å². The first kappa shape index (κ1) is 15.7. The minimum Gasteiger partial charge on any atom is -0.354 e. The van der Waals surface area contributed by atoms with Crippen molar-refractivity contribution in [1.82, 2.24) is 34.6 Å². The zero-order valence-corrected chi connectivity index (χ0v) is 15.0. The topological polar surface area (TPSA) is 89.0 Å². The van der Waals surface area contributed by atoms with Gasteiger partial charge in [0.1, 0.15) is 6.33 Å². The maximum absolute atomic E-state index is 5.26. The Hall–Kier alpha value is -2.55. The highest BCUT2D eigenvalue weighted by atomic mass is 16.5. The van der Waals surface area contributed by atoms with Crippen LogP contribution in [0.5, 0.6) is 0 Å². The third-order valence-electron chi connectivity index (χ3n) is 5.51. The Morgan fingerprint density at radius 3 is 2.62 bits per heavy atom. The molecular formula is C17H22N8O. The molecule has 0 radical (unpaired) electrons. The Balaban J connectivity index is 1.30. The molecule has 2 aliphatic heterocycles. The SMILES string of the molecule is CCn1cnc2c(N3CC4CN(Cc5nc(C)no5)CC4C3)ncnc21. The van der Waals surface area contributed by atoms with Gasteiger partial charge >= 0.3 is 0 Å². The summed E-state index contributed by atoms with van der Waals surface area (Å²) in [6.45, 7) is 9.69. The van der Waals surface area contributed by atoms with Crippen molar-refractivity contribution in [2.24, 2.45) is 11.8 Å². The van der Waals surface area contributed by atoms with Crippen molar-refractivity contribution in [2.75, 3.05) is 31.1 Å². The second-order valence-electron chi connectivity index (χ2n) is 7.25. The van der Waals surface area contributed by atoms with Gasteiger partial charge in [-0.1, -0.05) is 5.16 Å². The number of imidazole rings is 1. The van der Waals surface area contributed by atoms with Gasteiger partial charge in [0, 0.05) is 32.7 Å². The van der Waals surface area contributed by atoms with Crippen LogP contribution in [0.4, 0.5) is 5.82 Å². The molecule has 26 heavy (non-hydrogen) atoms. The molecule has 2 fully saturated rings. The fourth-order valence-corrected chi connectivity index (χ4v) is 4.32. The molecule has 2 saturated heterocycles. The highest BCUT2D eigenvalue weighted by molar-refractivity contribution is 5.83. The highest BCUT2D eigenvalue weighted by Gasteiger charge is 2.41. The minimum absolute atomic E-state index is 0.636. The Morgan fingerprint density at radius 1 is 1.12 bits per heavy atom. The number of hydrogen-bond donors (Lipinski definition) is 0. The first-order chi connectivity index (χ1) is 12.7. The predicted molar refractivity (Wildman–Crippen MR) is 94.5 cm³/mol. The number of aryl methyl sites for hydroxylation is 2. The lowest BCUT2D eigenvalue weighted by Gasteiger charge is -2.21. The van der Waals surface area contributed by atoms with Gasteiger partial charge in [-0.3, -0.25) is 4.90 Å². The molecule has 0 aliphatic carbocycles. The molecule has 0 saturated carbocycles. The van der Waals surface area contributed by atoms with Gasteiger partial charge in [-0.15, -0.1) is 0 Å². The summed E-state index contributed by atoms with van der Waals surface area (Å²) in [5.41, 5.74) is 1.83. The van der Waals surface area contributed by atoms with Gasteiger partial charge in [-0.25, -0.2) is 15.0 Å². The summed E-state index contributed by atoms with van der Waals surface area (Å²) in [6.07, 6.45) is 3.51. The van der Waals surface area contributed by atoms with Gasteiger partial charge < -0.3 is 14.0 Å². The van der Waals surface area contributed by atoms with Crippen LogP contribution in [0.1, 0.15) is 18.6 Å². The van der Waals surface area contributed by atoms with E-state index >= 15 is 0 Å². The number of fused-ring (bicyclic) bond motifs is 2. The van der Waals surface area contributed by atoms with E-state index in [4.69, 9.17) is 4.52 Å². The van der Waals surface area contributed by atoms with E-state index in [0.29, 0.717) is 23.6 Å². The molecule has 9 nitrogen and oxygen atoms in total. The average Bonchev–Trinajstić information content (AvgIpc) is 3.37. The van der Waals surface area contributed by atoms with Crippen LogP contribution in [-0.2, 0) is 13.1 Å². The molecule has 0 N–H and O–H groups in total. The van der Waals surface area contributed by atoms with Crippen LogP contribution in [0, 0.1) is 18.8 Å². The standard InChI is InChI=1S/C17H22N8O/c1-3-24-10-20-15-16(24)18-9-19-17(15)25-6-12-4-23(5-13(12)7-25)8-14-21-11(2)22-26-14/h9-10,12-13H,3-8H2,1-2H3. The lowest BCUT2D eigenvalue weighted by atomic mass is 10.0. The first-order valence-corrected chi connectivity index (χ1v) is 9.13. The molecule has 5 rings (SSSR count). The van der Waals surface area contributed by atoms with Crippen molar-refractivity contribution >= 4 is 17.0 Å². The molecule has 3 aromatic rings. The van der Waals surface area contributed by atoms with E-state index in [2.05, 4.69) is 46.4 Å². The van der Waals surface area contributed by atoms with E-state index < -0.39 is 0 Å². The lowest BCUT2D eigenvalue weighted by molar-refractivity contribution is 0.255. The highest BCUT2D eigenvalue weighted by Crippen LogP contribution is 2.35. The molecule has 5 heterocycles. The normalized spacial score (nSPS) is 23.2. The van der Waals surface area contributed by atoms with Crippen LogP contribution in [0.25, 0.3) is 11.2 Å². The second-order valence-corrected chi connectivity index (χ2v) is 7.25. The van der Waals surface area contributed by atoms with Gasteiger partial charge in [0.2, 0.25) is 5.89 Å². The molecule has 9 heteroatoms. The molecule has 0 aromatic carbocycles. The Morgan fingerprint density at radius 2 is 1.92 bits per heavy atom. The smallest absolute Gasteiger partial charge is 0.240 e. The summed E-state index contributed by atoms with van der Waals surface area (Å²) in [5, 5.41) is 3.88. The summed E-state index contributed by atoms with van der Waals surface area (Å²) in [4.78, 5) is 22.6. The monoisotopic (exact) mass is 354 g/mol. The van der Waals surface area contributed by atoms with Crippen molar-refractivity contribution in [2.45, 2.75) is 26.9 Å². The zero-order chi connectivity index (χ0) is 17.7. The van der Waals surface area contributed by atoms with E-state index in [1.165, 1.54) is 0 Å². The summed E-state index contributed by atoms with van der Waals surface area (Å²) in [6, 6.07) is 0. The average molecular weight is 354 g/mol. The predicted octanol–water partition coefficient (Wildman–Crippen LogP) is 1.11. The van der Waals surface area contributed by atoms with Crippen LogP contribution >= 0.6 is 0 Å². The number of likely N-dealkylation sites (tertiary alicyclic amines) is 1. The molecule has 0 bridgehead atoms. The summed E-state index contributed by atoms with van der Waals surface area (Å²) >= 11 is 0. The molecule has 0 amide bonds. The van der Waals surface area contributed by atoms with E-state index in [1.54, 1.807) is 6.33 Å². The number of hydrogen-bond acceptors (Lipinski definition) is 8. The van der Waals surface area contributed by atoms with E-state index in [1.807, 2.05) is 13.3 Å². The number of anilines is 1. The van der Waals surface area contributed by atoms with E-state index in [9.17, 15) is 0 Å². The third kappa shape index (κ3) is 2.54. The molecule has 2 aliphatic rings. The van der Waals surface area contributed by atoms with Gasteiger partial charge in [0.25, 0.3) is 0 Å². The van der Waals surface area contributed by atoms with Crippen LogP contribution in [0.15, 0.2) is 17.2 Å². The zero-order valence-electron chi connectivity index (χ0n) is 15.0. The summed E-state index contributed by atoms with van der Waals surface area (Å²) in [5.74, 6) is 3.65. The molecule has 0 spiro atoms. The number of nitrogens with zero attached hydrogens (tertiary/aromatic N) is 8. The van der Waals surface area contributed by atoms with Gasteiger partial charge in [-0.05, 0) is 25.7 Å². The van der Waals surface area contributed by atoms with Crippen molar-refractivity contribution < 1.29 is 4.52 Å². The molecule has 136 valence electrons. The number of aromatic nitrogens is 6. The molecular weight excluding hydrogens is 332 g/mol. The van der Waals surface area contributed by atoms with Crippen LogP contribution in [0.3, 0.4) is 0 Å². The summed E-state index contributed by atoms with van der Waals surface area (Å²) in [7, 11) is 0. The lowest BCUT2D eigenvalue weighted by Crippen LogP contribution is -2.29. The largest absolute Gasteiger partial charge is 0.354 e.